The van der Waals surface area contributed by atoms with Gasteiger partial charge in [-0.15, -0.1) is 0 Å². The second-order valence-corrected chi connectivity index (χ2v) is 12.0. The van der Waals surface area contributed by atoms with Crippen molar-refractivity contribution in [3.63, 3.8) is 0 Å². The highest BCUT2D eigenvalue weighted by atomic mass is 31.2. The maximum Gasteiger partial charge on any atom is 0.335 e. The number of rotatable bonds is 7. The summed E-state index contributed by atoms with van der Waals surface area (Å²) in [6, 6.07) is 29.8. The molecule has 0 aliphatic carbocycles. The van der Waals surface area contributed by atoms with Crippen LogP contribution in [0.5, 0.6) is 0 Å². The molecule has 0 unspecified atom stereocenters. The first-order valence-corrected chi connectivity index (χ1v) is 12.9. The predicted octanol–water partition coefficient (Wildman–Crippen LogP) is 4.45. The molecule has 0 amide bonds. The molecule has 3 aromatic carbocycles. The lowest BCUT2D eigenvalue weighted by atomic mass is 10.2. The van der Waals surface area contributed by atoms with Crippen LogP contribution in [0.1, 0.15) is 34.1 Å². The second kappa shape index (κ2) is 10.7. The van der Waals surface area contributed by atoms with E-state index in [0.29, 0.717) is 5.29 Å². The number of hydrogen-bond acceptors (Lipinski definition) is 4. The van der Waals surface area contributed by atoms with E-state index >= 15 is 0 Å². The van der Waals surface area contributed by atoms with Gasteiger partial charge < -0.3 is 9.47 Å². The molecule has 0 aliphatic rings. The lowest BCUT2D eigenvalue weighted by molar-refractivity contribution is -0.153. The Bertz CT molecular complexity index is 1030. The van der Waals surface area contributed by atoms with Crippen molar-refractivity contribution in [3.8, 4) is 0 Å². The van der Waals surface area contributed by atoms with E-state index in [-0.39, 0.29) is 13.0 Å². The van der Waals surface area contributed by atoms with Gasteiger partial charge >= 0.3 is 11.9 Å². The molecule has 172 valence electrons. The first-order chi connectivity index (χ1) is 15.8. The highest BCUT2D eigenvalue weighted by Crippen LogP contribution is 2.47. The van der Waals surface area contributed by atoms with E-state index in [0.717, 1.165) is 15.9 Å². The SMILES string of the molecule is CCOC(=O)C(CC(=O)OC(C)(C)C)=P(c1ccccc1)(c1ccccc1)c1ccccc1. The van der Waals surface area contributed by atoms with E-state index in [2.05, 4.69) is 0 Å². The Kier molecular flexibility index (Phi) is 7.94. The van der Waals surface area contributed by atoms with Crippen LogP contribution < -0.4 is 15.9 Å². The van der Waals surface area contributed by atoms with Gasteiger partial charge in [0.05, 0.1) is 18.3 Å². The van der Waals surface area contributed by atoms with Crippen molar-refractivity contribution in [2.75, 3.05) is 6.61 Å². The van der Waals surface area contributed by atoms with Crippen LogP contribution in [0.15, 0.2) is 91.0 Å². The monoisotopic (exact) mass is 462 g/mol. The molecule has 5 heteroatoms. The number of carbonyl (C=O) groups excluding carboxylic acids is 2. The van der Waals surface area contributed by atoms with Crippen molar-refractivity contribution in [1.82, 2.24) is 0 Å². The zero-order valence-corrected chi connectivity index (χ0v) is 20.5. The average molecular weight is 463 g/mol. The van der Waals surface area contributed by atoms with Gasteiger partial charge in [-0.2, -0.15) is 0 Å². The maximum atomic E-state index is 13.6. The molecular formula is C28H31O4P. The summed E-state index contributed by atoms with van der Waals surface area (Å²) >= 11 is 0. The number of hydrogen-bond donors (Lipinski definition) is 0. The molecule has 0 fully saturated rings. The molecule has 4 nitrogen and oxygen atoms in total. The summed E-state index contributed by atoms with van der Waals surface area (Å²) in [4.78, 5) is 26.7. The van der Waals surface area contributed by atoms with Crippen molar-refractivity contribution in [3.05, 3.63) is 91.0 Å². The molecular weight excluding hydrogens is 431 g/mol. The number of carbonyl (C=O) groups is 2. The highest BCUT2D eigenvalue weighted by molar-refractivity contribution is 7.96. The standard InChI is InChI=1S/C28H31O4P/c1-5-31-27(30)25(21-26(29)32-28(2,3)4)33(22-15-9-6-10-16-22,23-17-11-7-12-18-23)24-19-13-8-14-20-24/h6-20H,5,21H2,1-4H3. The summed E-state index contributed by atoms with van der Waals surface area (Å²) < 4.78 is 11.2. The highest BCUT2D eigenvalue weighted by Gasteiger charge is 2.35. The first kappa shape index (κ1) is 24.5. The third kappa shape index (κ3) is 5.64. The van der Waals surface area contributed by atoms with Crippen molar-refractivity contribution in [2.45, 2.75) is 39.7 Å². The maximum absolute atomic E-state index is 13.6. The topological polar surface area (TPSA) is 52.6 Å². The van der Waals surface area contributed by atoms with Crippen LogP contribution in [0.2, 0.25) is 0 Å². The Morgan fingerprint density at radius 3 is 1.45 bits per heavy atom. The average Bonchev–Trinajstić information content (AvgIpc) is 2.80. The third-order valence-corrected chi connectivity index (χ3v) is 9.45. The number of benzene rings is 3. The molecule has 0 N–H and O–H groups in total. The smallest absolute Gasteiger partial charge is 0.335 e. The minimum absolute atomic E-state index is 0.150. The molecule has 0 radical (unpaired) electrons. The Morgan fingerprint density at radius 2 is 1.12 bits per heavy atom. The fourth-order valence-electron chi connectivity index (χ4n) is 3.93. The van der Waals surface area contributed by atoms with Gasteiger partial charge in [-0.3, -0.25) is 4.79 Å². The summed E-state index contributed by atoms with van der Waals surface area (Å²) in [6.45, 7) is 4.73. The van der Waals surface area contributed by atoms with Crippen LogP contribution in [-0.4, -0.2) is 29.4 Å². The molecule has 0 atom stereocenters. The van der Waals surface area contributed by atoms with Crippen LogP contribution >= 0.6 is 6.89 Å². The van der Waals surface area contributed by atoms with Crippen molar-refractivity contribution >= 4 is 40.0 Å². The molecule has 0 heterocycles. The molecule has 0 saturated carbocycles. The van der Waals surface area contributed by atoms with E-state index in [1.54, 1.807) is 6.92 Å². The molecule has 3 rings (SSSR count). The number of esters is 2. The Hall–Kier alpha value is -3.10. The van der Waals surface area contributed by atoms with Gasteiger partial charge in [-0.1, -0.05) is 91.0 Å². The van der Waals surface area contributed by atoms with Gasteiger partial charge in [0.15, 0.2) is 0 Å². The lowest BCUT2D eigenvalue weighted by Gasteiger charge is -2.32. The molecule has 0 spiro atoms. The Morgan fingerprint density at radius 1 is 0.727 bits per heavy atom. The fourth-order valence-corrected chi connectivity index (χ4v) is 8.32. The van der Waals surface area contributed by atoms with Crippen LogP contribution in [0.3, 0.4) is 0 Å². The zero-order chi connectivity index (χ0) is 23.9. The third-order valence-electron chi connectivity index (χ3n) is 5.08. The first-order valence-electron chi connectivity index (χ1n) is 11.1. The van der Waals surface area contributed by atoms with Crippen LogP contribution in [0, 0.1) is 0 Å². The van der Waals surface area contributed by atoms with Crippen molar-refractivity contribution in [2.24, 2.45) is 0 Å². The molecule has 0 aliphatic heterocycles. The van der Waals surface area contributed by atoms with Crippen LogP contribution in [0.25, 0.3) is 0 Å². The van der Waals surface area contributed by atoms with Crippen molar-refractivity contribution < 1.29 is 19.1 Å². The van der Waals surface area contributed by atoms with E-state index in [9.17, 15) is 9.59 Å². The van der Waals surface area contributed by atoms with Gasteiger partial charge in [-0.05, 0) is 50.5 Å². The van der Waals surface area contributed by atoms with E-state index < -0.39 is 24.4 Å². The molecule has 3 aromatic rings. The second-order valence-electron chi connectivity index (χ2n) is 8.61. The van der Waals surface area contributed by atoms with E-state index in [1.807, 2.05) is 112 Å². The zero-order valence-electron chi connectivity index (χ0n) is 19.7. The Labute approximate surface area is 196 Å². The van der Waals surface area contributed by atoms with Gasteiger partial charge in [0.1, 0.15) is 5.60 Å². The molecule has 0 aromatic heterocycles. The quantitative estimate of drug-likeness (QED) is 0.385. The van der Waals surface area contributed by atoms with Gasteiger partial charge in [0, 0.05) is 0 Å². The summed E-state index contributed by atoms with van der Waals surface area (Å²) in [5.74, 6) is -0.911. The van der Waals surface area contributed by atoms with Gasteiger partial charge in [0.2, 0.25) is 0 Å². The van der Waals surface area contributed by atoms with Crippen LogP contribution in [-0.2, 0) is 19.1 Å². The molecule has 33 heavy (non-hydrogen) atoms. The van der Waals surface area contributed by atoms with E-state index in [1.165, 1.54) is 0 Å². The minimum Gasteiger partial charge on any atom is -0.463 e. The summed E-state index contributed by atoms with van der Waals surface area (Å²) in [5.41, 5.74) is -0.663. The predicted molar refractivity (Wildman–Crippen MR) is 137 cm³/mol. The van der Waals surface area contributed by atoms with Crippen LogP contribution in [0.4, 0.5) is 0 Å². The summed E-state index contributed by atoms with van der Waals surface area (Å²) in [5, 5.41) is 3.37. The number of ether oxygens (including phenoxy) is 2. The van der Waals surface area contributed by atoms with Gasteiger partial charge in [-0.25, -0.2) is 4.79 Å². The largest absolute Gasteiger partial charge is 0.463 e. The lowest BCUT2D eigenvalue weighted by Crippen LogP contribution is -2.36. The normalized spacial score (nSPS) is 11.5. The molecule has 0 bridgehead atoms. The fraction of sp³-hybridized carbons (Fsp3) is 0.250. The Balaban J connectivity index is 2.48. The van der Waals surface area contributed by atoms with Gasteiger partial charge in [0.25, 0.3) is 0 Å². The summed E-state index contributed by atoms with van der Waals surface area (Å²) in [7, 11) is 0. The van der Waals surface area contributed by atoms with E-state index in [4.69, 9.17) is 9.47 Å². The van der Waals surface area contributed by atoms with Crippen molar-refractivity contribution in [1.29, 1.82) is 0 Å². The molecule has 0 saturated heterocycles. The summed E-state index contributed by atoms with van der Waals surface area (Å²) in [6.07, 6.45) is -0.150. The minimum atomic E-state index is -2.73.